The van der Waals surface area contributed by atoms with E-state index in [1.165, 1.54) is 11.1 Å². The van der Waals surface area contributed by atoms with Crippen LogP contribution in [0.5, 0.6) is 0 Å². The third-order valence-electron chi connectivity index (χ3n) is 3.20. The molecule has 0 atom stereocenters. The second-order valence-electron chi connectivity index (χ2n) is 4.67. The molecule has 93 valence electrons. The van der Waals surface area contributed by atoms with E-state index in [0.29, 0.717) is 0 Å². The molecule has 1 nitrogen and oxygen atoms in total. The van der Waals surface area contributed by atoms with Crippen LogP contribution in [0.2, 0.25) is 12.1 Å². The maximum atomic E-state index is 12.0. The van der Waals surface area contributed by atoms with Gasteiger partial charge in [0.1, 0.15) is 0 Å². The standard InChI is InChI=1S/C16H19OSi/c17-18(13-11-15-7-3-1-4-8-15)14-12-16-9-5-2-6-10-16/h1-10,18H,11-14H2. The van der Waals surface area contributed by atoms with Crippen LogP contribution in [0.25, 0.3) is 0 Å². The minimum Gasteiger partial charge on any atom is -0.302 e. The van der Waals surface area contributed by atoms with Crippen molar-refractivity contribution in [2.45, 2.75) is 24.9 Å². The highest BCUT2D eigenvalue weighted by Crippen LogP contribution is 2.10. The predicted molar refractivity (Wildman–Crippen MR) is 77.7 cm³/mol. The Kier molecular flexibility index (Phi) is 5.18. The molecule has 0 aliphatic heterocycles. The summed E-state index contributed by atoms with van der Waals surface area (Å²) in [5.74, 6) is 0. The van der Waals surface area contributed by atoms with Crippen LogP contribution in [0.15, 0.2) is 60.7 Å². The molecule has 0 bridgehead atoms. The van der Waals surface area contributed by atoms with Gasteiger partial charge in [0.05, 0.1) is 0 Å². The minimum absolute atomic E-state index is 0.872. The average molecular weight is 255 g/mol. The van der Waals surface area contributed by atoms with E-state index in [1.54, 1.807) is 0 Å². The van der Waals surface area contributed by atoms with Crippen LogP contribution in [0.1, 0.15) is 11.1 Å². The SMILES string of the molecule is [O][SiH](CCc1ccccc1)CCc1ccccc1. The molecule has 1 radical (unpaired) electrons. The van der Waals surface area contributed by atoms with Gasteiger partial charge in [-0.1, -0.05) is 60.7 Å². The van der Waals surface area contributed by atoms with E-state index in [2.05, 4.69) is 24.3 Å². The Hall–Kier alpha value is -1.38. The van der Waals surface area contributed by atoms with E-state index >= 15 is 0 Å². The first-order valence-electron chi connectivity index (χ1n) is 6.58. The molecule has 0 heterocycles. The highest BCUT2D eigenvalue weighted by Gasteiger charge is 2.09. The Balaban J connectivity index is 1.71. The lowest BCUT2D eigenvalue weighted by Gasteiger charge is -2.06. The third-order valence-corrected chi connectivity index (χ3v) is 5.06. The Labute approximate surface area is 111 Å². The van der Waals surface area contributed by atoms with Crippen LogP contribution in [-0.4, -0.2) is 9.04 Å². The summed E-state index contributed by atoms with van der Waals surface area (Å²) in [6.07, 6.45) is 1.91. The van der Waals surface area contributed by atoms with Crippen molar-refractivity contribution >= 4 is 9.04 Å². The Bertz CT molecular complexity index is 398. The summed E-state index contributed by atoms with van der Waals surface area (Å²) in [5, 5.41) is 0. The molecule has 0 saturated carbocycles. The molecule has 0 unspecified atom stereocenters. The third kappa shape index (κ3) is 4.47. The Morgan fingerprint density at radius 2 is 1.06 bits per heavy atom. The zero-order valence-corrected chi connectivity index (χ0v) is 11.7. The molecule has 0 saturated heterocycles. The van der Waals surface area contributed by atoms with Crippen LogP contribution in [0.4, 0.5) is 0 Å². The number of aryl methyl sites for hydroxylation is 2. The van der Waals surface area contributed by atoms with Crippen LogP contribution in [-0.2, 0) is 17.6 Å². The molecule has 0 amide bonds. The first-order chi connectivity index (χ1) is 8.84. The molecule has 18 heavy (non-hydrogen) atoms. The fraction of sp³-hybridized carbons (Fsp3) is 0.250. The normalized spacial score (nSPS) is 10.8. The van der Waals surface area contributed by atoms with Crippen molar-refractivity contribution in [2.24, 2.45) is 0 Å². The summed E-state index contributed by atoms with van der Waals surface area (Å²) in [5.41, 5.74) is 2.59. The molecule has 0 N–H and O–H groups in total. The number of hydrogen-bond acceptors (Lipinski definition) is 0. The van der Waals surface area contributed by atoms with Gasteiger partial charge in [0.2, 0.25) is 9.04 Å². The molecular weight excluding hydrogens is 236 g/mol. The highest BCUT2D eigenvalue weighted by atomic mass is 28.3. The van der Waals surface area contributed by atoms with Crippen molar-refractivity contribution in [1.29, 1.82) is 0 Å². The highest BCUT2D eigenvalue weighted by molar-refractivity contribution is 6.49. The molecule has 2 aromatic rings. The van der Waals surface area contributed by atoms with Gasteiger partial charge in [-0.05, 0) is 36.1 Å². The summed E-state index contributed by atoms with van der Waals surface area (Å²) >= 11 is 0. The van der Waals surface area contributed by atoms with E-state index in [9.17, 15) is 4.80 Å². The fourth-order valence-electron chi connectivity index (χ4n) is 2.09. The van der Waals surface area contributed by atoms with Gasteiger partial charge in [-0.2, -0.15) is 0 Å². The fourth-order valence-corrected chi connectivity index (χ4v) is 3.69. The zero-order valence-electron chi connectivity index (χ0n) is 10.6. The van der Waals surface area contributed by atoms with Gasteiger partial charge >= 0.3 is 0 Å². The van der Waals surface area contributed by atoms with E-state index in [1.807, 2.05) is 36.4 Å². The van der Waals surface area contributed by atoms with Crippen molar-refractivity contribution in [1.82, 2.24) is 0 Å². The molecule has 0 aromatic heterocycles. The van der Waals surface area contributed by atoms with Gasteiger partial charge in [0.25, 0.3) is 0 Å². The zero-order chi connectivity index (χ0) is 12.6. The molecule has 2 aromatic carbocycles. The topological polar surface area (TPSA) is 19.9 Å². The van der Waals surface area contributed by atoms with Crippen LogP contribution < -0.4 is 0 Å². The number of rotatable bonds is 6. The number of hydrogen-bond donors (Lipinski definition) is 0. The van der Waals surface area contributed by atoms with Gasteiger partial charge in [-0.3, -0.25) is 0 Å². The Morgan fingerprint density at radius 1 is 0.667 bits per heavy atom. The summed E-state index contributed by atoms with van der Waals surface area (Å²) < 4.78 is 0. The maximum absolute atomic E-state index is 12.0. The summed E-state index contributed by atoms with van der Waals surface area (Å²) in [4.78, 5) is 12.0. The van der Waals surface area contributed by atoms with E-state index < -0.39 is 9.04 Å². The van der Waals surface area contributed by atoms with Gasteiger partial charge in [0.15, 0.2) is 0 Å². The van der Waals surface area contributed by atoms with E-state index in [-0.39, 0.29) is 0 Å². The van der Waals surface area contributed by atoms with Gasteiger partial charge in [-0.15, -0.1) is 0 Å². The van der Waals surface area contributed by atoms with E-state index in [4.69, 9.17) is 0 Å². The van der Waals surface area contributed by atoms with E-state index in [0.717, 1.165) is 24.9 Å². The minimum atomic E-state index is -1.79. The first kappa shape index (κ1) is 13.1. The second-order valence-corrected chi connectivity index (χ2v) is 7.07. The van der Waals surface area contributed by atoms with Crippen LogP contribution in [0.3, 0.4) is 0 Å². The molecule has 0 spiro atoms. The van der Waals surface area contributed by atoms with Gasteiger partial charge in [-0.25, -0.2) is 0 Å². The van der Waals surface area contributed by atoms with Crippen LogP contribution >= 0.6 is 0 Å². The lowest BCUT2D eigenvalue weighted by molar-refractivity contribution is 0.443. The largest absolute Gasteiger partial charge is 0.302 e. The second kappa shape index (κ2) is 7.14. The molecule has 0 aliphatic rings. The lowest BCUT2D eigenvalue weighted by Crippen LogP contribution is -2.11. The molecule has 0 aliphatic carbocycles. The quantitative estimate of drug-likeness (QED) is 0.703. The smallest absolute Gasteiger partial charge is 0.223 e. The lowest BCUT2D eigenvalue weighted by atomic mass is 10.2. The summed E-state index contributed by atoms with van der Waals surface area (Å²) in [6, 6.07) is 22.4. The van der Waals surface area contributed by atoms with Gasteiger partial charge in [0, 0.05) is 0 Å². The predicted octanol–water partition coefficient (Wildman–Crippen LogP) is 3.63. The van der Waals surface area contributed by atoms with Gasteiger partial charge < -0.3 is 4.80 Å². The molecular formula is C16H19OSi. The van der Waals surface area contributed by atoms with Crippen molar-refractivity contribution in [2.75, 3.05) is 0 Å². The van der Waals surface area contributed by atoms with Crippen molar-refractivity contribution in [3.8, 4) is 0 Å². The number of benzene rings is 2. The molecule has 0 fully saturated rings. The van der Waals surface area contributed by atoms with Crippen molar-refractivity contribution in [3.05, 3.63) is 71.8 Å². The maximum Gasteiger partial charge on any atom is 0.223 e. The van der Waals surface area contributed by atoms with Crippen molar-refractivity contribution in [3.63, 3.8) is 0 Å². The van der Waals surface area contributed by atoms with Crippen LogP contribution in [0, 0.1) is 0 Å². The average Bonchev–Trinajstić information content (AvgIpc) is 2.45. The Morgan fingerprint density at radius 3 is 1.44 bits per heavy atom. The first-order valence-corrected chi connectivity index (χ1v) is 8.69. The monoisotopic (exact) mass is 255 g/mol. The van der Waals surface area contributed by atoms with Crippen molar-refractivity contribution < 1.29 is 4.80 Å². The summed E-state index contributed by atoms with van der Waals surface area (Å²) in [6.45, 7) is 0. The molecule has 2 heteroatoms. The summed E-state index contributed by atoms with van der Waals surface area (Å²) in [7, 11) is -1.79. The molecule has 2 rings (SSSR count).